The number of rotatable bonds is 7. The van der Waals surface area contributed by atoms with Crippen LogP contribution in [0.2, 0.25) is 0 Å². The van der Waals surface area contributed by atoms with Crippen molar-refractivity contribution < 1.29 is 23.4 Å². The molecule has 0 bridgehead atoms. The number of carbonyl (C=O) groups is 1. The van der Waals surface area contributed by atoms with Crippen molar-refractivity contribution in [3.05, 3.63) is 59.9 Å². The number of ether oxygens (including phenoxy) is 3. The van der Waals surface area contributed by atoms with Gasteiger partial charge in [-0.15, -0.1) is 0 Å². The molecule has 5 nitrogen and oxygen atoms in total. The first-order valence-electron chi connectivity index (χ1n) is 8.99. The Bertz CT molecular complexity index is 757. The van der Waals surface area contributed by atoms with Gasteiger partial charge in [-0.25, -0.2) is 4.39 Å². The van der Waals surface area contributed by atoms with E-state index >= 15 is 0 Å². The normalized spacial score (nSPS) is 15.8. The van der Waals surface area contributed by atoms with Gasteiger partial charge in [-0.3, -0.25) is 4.79 Å². The molecule has 0 unspecified atom stereocenters. The fraction of sp³-hybridized carbons (Fsp3) is 0.381. The van der Waals surface area contributed by atoms with E-state index in [4.69, 9.17) is 14.2 Å². The minimum Gasteiger partial charge on any atom is -0.497 e. The molecule has 144 valence electrons. The second-order valence-corrected chi connectivity index (χ2v) is 6.64. The number of carbonyl (C=O) groups excluding carboxylic acids is 1. The summed E-state index contributed by atoms with van der Waals surface area (Å²) in [5, 5.41) is 2.94. The van der Waals surface area contributed by atoms with Crippen LogP contribution in [0.5, 0.6) is 11.5 Å². The molecule has 0 aromatic heterocycles. The molecule has 2 aromatic carbocycles. The largest absolute Gasteiger partial charge is 0.497 e. The van der Waals surface area contributed by atoms with E-state index in [1.165, 1.54) is 6.07 Å². The number of methoxy groups -OCH3 is 1. The van der Waals surface area contributed by atoms with Crippen LogP contribution >= 0.6 is 0 Å². The highest BCUT2D eigenvalue weighted by Gasteiger charge is 2.35. The lowest BCUT2D eigenvalue weighted by Crippen LogP contribution is -2.45. The minimum absolute atomic E-state index is 0.0813. The van der Waals surface area contributed by atoms with Gasteiger partial charge in [0.1, 0.15) is 17.3 Å². The van der Waals surface area contributed by atoms with Gasteiger partial charge in [0, 0.05) is 25.2 Å². The van der Waals surface area contributed by atoms with E-state index in [1.54, 1.807) is 43.5 Å². The molecule has 27 heavy (non-hydrogen) atoms. The summed E-state index contributed by atoms with van der Waals surface area (Å²) in [5.74, 6) is 0.834. The molecule has 0 saturated carbocycles. The van der Waals surface area contributed by atoms with Gasteiger partial charge in [-0.2, -0.15) is 0 Å². The number of halogens is 1. The molecule has 0 aliphatic carbocycles. The van der Waals surface area contributed by atoms with E-state index in [0.717, 1.165) is 24.2 Å². The molecule has 6 heteroatoms. The standard InChI is InChI=1S/C21H24FNO4/c1-25-18-5-7-19(8-6-18)27-14-20(24)23-15-21(9-11-26-12-10-21)16-3-2-4-17(22)13-16/h2-8,13H,9-12,14-15H2,1H3,(H,23,24). The van der Waals surface area contributed by atoms with Gasteiger partial charge in [0.25, 0.3) is 5.91 Å². The molecular formula is C21H24FNO4. The number of hydrogen-bond acceptors (Lipinski definition) is 4. The first kappa shape index (κ1) is 19.2. The zero-order chi connectivity index (χ0) is 19.1. The second-order valence-electron chi connectivity index (χ2n) is 6.64. The van der Waals surface area contributed by atoms with Crippen molar-refractivity contribution in [1.29, 1.82) is 0 Å². The summed E-state index contributed by atoms with van der Waals surface area (Å²) in [4.78, 5) is 12.3. The third kappa shape index (κ3) is 4.98. The molecule has 0 spiro atoms. The SMILES string of the molecule is COc1ccc(OCC(=O)NCC2(c3cccc(F)c3)CCOCC2)cc1. The maximum atomic E-state index is 13.7. The summed E-state index contributed by atoms with van der Waals surface area (Å²) in [6.45, 7) is 1.52. The average molecular weight is 373 g/mol. The van der Waals surface area contributed by atoms with Crippen LogP contribution in [0.25, 0.3) is 0 Å². The van der Waals surface area contributed by atoms with Crippen LogP contribution in [-0.4, -0.2) is 39.4 Å². The third-order valence-corrected chi connectivity index (χ3v) is 4.94. The Kier molecular flexibility index (Phi) is 6.29. The smallest absolute Gasteiger partial charge is 0.257 e. The van der Waals surface area contributed by atoms with Crippen LogP contribution in [0.4, 0.5) is 4.39 Å². The zero-order valence-corrected chi connectivity index (χ0v) is 15.4. The van der Waals surface area contributed by atoms with Crippen molar-refractivity contribution in [1.82, 2.24) is 5.32 Å². The molecule has 1 heterocycles. The van der Waals surface area contributed by atoms with Crippen molar-refractivity contribution in [3.63, 3.8) is 0 Å². The number of hydrogen-bond donors (Lipinski definition) is 1. The molecule has 1 aliphatic rings. The summed E-state index contributed by atoms with van der Waals surface area (Å²) < 4.78 is 29.8. The lowest BCUT2D eigenvalue weighted by Gasteiger charge is -2.38. The Hall–Kier alpha value is -2.60. The van der Waals surface area contributed by atoms with Crippen molar-refractivity contribution in [3.8, 4) is 11.5 Å². The molecule has 2 aromatic rings. The van der Waals surface area contributed by atoms with Crippen LogP contribution in [0.1, 0.15) is 18.4 Å². The van der Waals surface area contributed by atoms with Crippen LogP contribution in [-0.2, 0) is 14.9 Å². The fourth-order valence-corrected chi connectivity index (χ4v) is 3.29. The van der Waals surface area contributed by atoms with Gasteiger partial charge < -0.3 is 19.5 Å². The first-order chi connectivity index (χ1) is 13.1. The summed E-state index contributed by atoms with van der Waals surface area (Å²) >= 11 is 0. The first-order valence-corrected chi connectivity index (χ1v) is 8.99. The molecule has 0 radical (unpaired) electrons. The van der Waals surface area contributed by atoms with Crippen LogP contribution in [0, 0.1) is 5.82 Å². The summed E-state index contributed by atoms with van der Waals surface area (Å²) in [5.41, 5.74) is 0.568. The van der Waals surface area contributed by atoms with E-state index in [2.05, 4.69) is 5.32 Å². The minimum atomic E-state index is -0.323. The average Bonchev–Trinajstić information content (AvgIpc) is 2.72. The molecule has 1 aliphatic heterocycles. The lowest BCUT2D eigenvalue weighted by atomic mass is 9.74. The second kappa shape index (κ2) is 8.86. The van der Waals surface area contributed by atoms with Gasteiger partial charge in [0.15, 0.2) is 6.61 Å². The highest BCUT2D eigenvalue weighted by Crippen LogP contribution is 2.34. The predicted molar refractivity (Wildman–Crippen MR) is 99.6 cm³/mol. The van der Waals surface area contributed by atoms with E-state index in [-0.39, 0.29) is 23.7 Å². The van der Waals surface area contributed by atoms with Gasteiger partial charge in [0.2, 0.25) is 0 Å². The summed E-state index contributed by atoms with van der Waals surface area (Å²) in [6.07, 6.45) is 1.46. The van der Waals surface area contributed by atoms with Crippen molar-refractivity contribution in [2.24, 2.45) is 0 Å². The van der Waals surface area contributed by atoms with Crippen LogP contribution in [0.15, 0.2) is 48.5 Å². The molecule has 0 atom stereocenters. The molecule has 1 saturated heterocycles. The summed E-state index contributed by atoms with van der Waals surface area (Å²) in [7, 11) is 1.59. The number of benzene rings is 2. The molecule has 1 N–H and O–H groups in total. The van der Waals surface area contributed by atoms with E-state index < -0.39 is 0 Å². The molecule has 3 rings (SSSR count). The van der Waals surface area contributed by atoms with Gasteiger partial charge in [0.05, 0.1) is 7.11 Å². The van der Waals surface area contributed by atoms with Gasteiger partial charge in [-0.1, -0.05) is 12.1 Å². The van der Waals surface area contributed by atoms with Crippen molar-refractivity contribution >= 4 is 5.91 Å². The third-order valence-electron chi connectivity index (χ3n) is 4.94. The Morgan fingerprint density at radius 2 is 1.85 bits per heavy atom. The maximum absolute atomic E-state index is 13.7. The highest BCUT2D eigenvalue weighted by molar-refractivity contribution is 5.77. The Morgan fingerprint density at radius 3 is 2.52 bits per heavy atom. The van der Waals surface area contributed by atoms with Crippen molar-refractivity contribution in [2.45, 2.75) is 18.3 Å². The maximum Gasteiger partial charge on any atom is 0.257 e. The van der Waals surface area contributed by atoms with E-state index in [1.807, 2.05) is 6.07 Å². The van der Waals surface area contributed by atoms with E-state index in [9.17, 15) is 9.18 Å². The van der Waals surface area contributed by atoms with Crippen LogP contribution < -0.4 is 14.8 Å². The fourth-order valence-electron chi connectivity index (χ4n) is 3.29. The predicted octanol–water partition coefficient (Wildman–Crippen LogP) is 3.08. The van der Waals surface area contributed by atoms with Gasteiger partial charge in [-0.05, 0) is 54.8 Å². The zero-order valence-electron chi connectivity index (χ0n) is 15.4. The Balaban J connectivity index is 1.58. The Labute approximate surface area is 158 Å². The molecule has 1 fully saturated rings. The van der Waals surface area contributed by atoms with E-state index in [0.29, 0.717) is 25.5 Å². The quantitative estimate of drug-likeness (QED) is 0.810. The van der Waals surface area contributed by atoms with Crippen LogP contribution in [0.3, 0.4) is 0 Å². The van der Waals surface area contributed by atoms with Crippen molar-refractivity contribution in [2.75, 3.05) is 33.5 Å². The number of amides is 1. The topological polar surface area (TPSA) is 56.8 Å². The van der Waals surface area contributed by atoms with Gasteiger partial charge >= 0.3 is 0 Å². The highest BCUT2D eigenvalue weighted by atomic mass is 19.1. The molecule has 1 amide bonds. The molecular weight excluding hydrogens is 349 g/mol. The number of nitrogens with one attached hydrogen (secondary N) is 1. The summed E-state index contributed by atoms with van der Waals surface area (Å²) in [6, 6.07) is 13.6. The Morgan fingerprint density at radius 1 is 1.15 bits per heavy atom. The lowest BCUT2D eigenvalue weighted by molar-refractivity contribution is -0.123. The monoisotopic (exact) mass is 373 g/mol.